The van der Waals surface area contributed by atoms with Gasteiger partial charge in [-0.25, -0.2) is 0 Å². The number of rotatable bonds is 6. The number of benzene rings is 1. The van der Waals surface area contributed by atoms with Crippen molar-refractivity contribution in [1.82, 2.24) is 0 Å². The van der Waals surface area contributed by atoms with Crippen molar-refractivity contribution < 1.29 is 8.95 Å². The van der Waals surface area contributed by atoms with Crippen molar-refractivity contribution in [3.8, 4) is 5.75 Å². The van der Waals surface area contributed by atoms with E-state index in [1.54, 1.807) is 7.11 Å². The van der Waals surface area contributed by atoms with Crippen LogP contribution >= 0.6 is 0 Å². The SMILES string of the molecule is CCCC(C[S@@](=O)C(C)(C)C)c1ccccc1OC. The minimum absolute atomic E-state index is 0.159. The summed E-state index contributed by atoms with van der Waals surface area (Å²) in [4.78, 5) is 0. The van der Waals surface area contributed by atoms with Crippen molar-refractivity contribution in [2.75, 3.05) is 12.9 Å². The Morgan fingerprint density at radius 2 is 1.89 bits per heavy atom. The van der Waals surface area contributed by atoms with Crippen LogP contribution in [0.5, 0.6) is 5.75 Å². The molecule has 1 rings (SSSR count). The number of ether oxygens (including phenoxy) is 1. The number of hydrogen-bond acceptors (Lipinski definition) is 2. The molecule has 0 aromatic heterocycles. The van der Waals surface area contributed by atoms with Gasteiger partial charge in [0, 0.05) is 21.3 Å². The molecule has 1 unspecified atom stereocenters. The molecular weight excluding hydrogens is 256 g/mol. The second-order valence-corrected chi connectivity index (χ2v) is 8.10. The van der Waals surface area contributed by atoms with Gasteiger partial charge in [0.1, 0.15) is 5.75 Å². The minimum atomic E-state index is -0.835. The first-order valence-corrected chi connectivity index (χ1v) is 8.23. The molecule has 1 aromatic carbocycles. The Labute approximate surface area is 120 Å². The standard InChI is InChI=1S/C16H26O2S/c1-6-9-13(12-19(17)16(2,3)4)14-10-7-8-11-15(14)18-5/h7-8,10-11,13H,6,9,12H2,1-5H3/t13?,19-/m1/s1. The van der Waals surface area contributed by atoms with E-state index in [9.17, 15) is 4.21 Å². The Kier molecular flexibility index (Phi) is 6.05. The van der Waals surface area contributed by atoms with Gasteiger partial charge in [0.05, 0.1) is 7.11 Å². The summed E-state index contributed by atoms with van der Waals surface area (Å²) in [5, 5.41) is 0. The van der Waals surface area contributed by atoms with E-state index in [0.717, 1.165) is 18.6 Å². The summed E-state index contributed by atoms with van der Waals surface area (Å²) in [7, 11) is 0.862. The first-order chi connectivity index (χ1) is 8.90. The lowest BCUT2D eigenvalue weighted by Gasteiger charge is -2.24. The predicted molar refractivity (Wildman–Crippen MR) is 83.4 cm³/mol. The van der Waals surface area contributed by atoms with Crippen molar-refractivity contribution in [1.29, 1.82) is 0 Å². The molecular formula is C16H26O2S. The average Bonchev–Trinajstić information content (AvgIpc) is 2.37. The molecule has 0 spiro atoms. The van der Waals surface area contributed by atoms with Crippen LogP contribution in [0.2, 0.25) is 0 Å². The van der Waals surface area contributed by atoms with Gasteiger partial charge >= 0.3 is 0 Å². The van der Waals surface area contributed by atoms with E-state index in [1.807, 2.05) is 39.0 Å². The molecule has 0 bridgehead atoms. The zero-order chi connectivity index (χ0) is 14.5. The summed E-state index contributed by atoms with van der Waals surface area (Å²) in [5.41, 5.74) is 1.18. The highest BCUT2D eigenvalue weighted by atomic mass is 32.2. The molecule has 0 aliphatic carbocycles. The molecule has 1 aromatic rings. The Bertz CT molecular complexity index is 421. The molecule has 0 aliphatic rings. The Hall–Kier alpha value is -0.830. The van der Waals surface area contributed by atoms with Crippen LogP contribution in [-0.2, 0) is 10.8 Å². The quantitative estimate of drug-likeness (QED) is 0.784. The molecule has 0 saturated carbocycles. The highest BCUT2D eigenvalue weighted by Crippen LogP contribution is 2.32. The van der Waals surface area contributed by atoms with E-state index >= 15 is 0 Å². The van der Waals surface area contributed by atoms with E-state index in [0.29, 0.717) is 11.7 Å². The smallest absolute Gasteiger partial charge is 0.122 e. The number of hydrogen-bond donors (Lipinski definition) is 0. The molecule has 0 N–H and O–H groups in total. The maximum absolute atomic E-state index is 12.4. The van der Waals surface area contributed by atoms with Gasteiger partial charge in [0.2, 0.25) is 0 Å². The molecule has 108 valence electrons. The highest BCUT2D eigenvalue weighted by Gasteiger charge is 2.25. The predicted octanol–water partition coefficient (Wildman–Crippen LogP) is 4.13. The van der Waals surface area contributed by atoms with E-state index in [2.05, 4.69) is 13.0 Å². The van der Waals surface area contributed by atoms with E-state index in [-0.39, 0.29) is 4.75 Å². The van der Waals surface area contributed by atoms with Gasteiger partial charge in [-0.05, 0) is 44.7 Å². The van der Waals surface area contributed by atoms with Crippen LogP contribution < -0.4 is 4.74 Å². The monoisotopic (exact) mass is 282 g/mol. The number of para-hydroxylation sites is 1. The van der Waals surface area contributed by atoms with Crippen molar-refractivity contribution in [2.45, 2.75) is 51.2 Å². The van der Waals surface area contributed by atoms with Crippen LogP contribution in [0.3, 0.4) is 0 Å². The van der Waals surface area contributed by atoms with Crippen molar-refractivity contribution >= 4 is 10.8 Å². The lowest BCUT2D eigenvalue weighted by molar-refractivity contribution is 0.405. The van der Waals surface area contributed by atoms with Gasteiger partial charge in [-0.15, -0.1) is 0 Å². The summed E-state index contributed by atoms with van der Waals surface area (Å²) >= 11 is 0. The van der Waals surface area contributed by atoms with Gasteiger partial charge in [0.25, 0.3) is 0 Å². The maximum atomic E-state index is 12.4. The van der Waals surface area contributed by atoms with Gasteiger partial charge in [-0.3, -0.25) is 4.21 Å². The van der Waals surface area contributed by atoms with Crippen LogP contribution in [0.4, 0.5) is 0 Å². The molecule has 2 atom stereocenters. The maximum Gasteiger partial charge on any atom is 0.122 e. The second kappa shape index (κ2) is 7.09. The largest absolute Gasteiger partial charge is 0.496 e. The molecule has 0 heterocycles. The molecule has 0 radical (unpaired) electrons. The molecule has 0 fully saturated rings. The fourth-order valence-corrected chi connectivity index (χ4v) is 3.33. The summed E-state index contributed by atoms with van der Waals surface area (Å²) in [6.45, 7) is 8.28. The average molecular weight is 282 g/mol. The van der Waals surface area contributed by atoms with E-state index < -0.39 is 10.8 Å². The van der Waals surface area contributed by atoms with E-state index in [1.165, 1.54) is 5.56 Å². The van der Waals surface area contributed by atoms with Gasteiger partial charge in [0.15, 0.2) is 0 Å². The summed E-state index contributed by atoms with van der Waals surface area (Å²) in [5.74, 6) is 1.92. The van der Waals surface area contributed by atoms with Crippen LogP contribution in [0, 0.1) is 0 Å². The molecule has 3 heteroatoms. The van der Waals surface area contributed by atoms with Crippen LogP contribution in [0.25, 0.3) is 0 Å². The fraction of sp³-hybridized carbons (Fsp3) is 0.625. The van der Waals surface area contributed by atoms with Crippen LogP contribution in [0.15, 0.2) is 24.3 Å². The van der Waals surface area contributed by atoms with Crippen LogP contribution in [0.1, 0.15) is 52.0 Å². The van der Waals surface area contributed by atoms with Gasteiger partial charge < -0.3 is 4.74 Å². The molecule has 0 amide bonds. The van der Waals surface area contributed by atoms with Crippen LogP contribution in [-0.4, -0.2) is 21.8 Å². The third-order valence-corrected chi connectivity index (χ3v) is 5.32. The van der Waals surface area contributed by atoms with Crippen molar-refractivity contribution in [3.63, 3.8) is 0 Å². The third-order valence-electron chi connectivity index (χ3n) is 3.25. The lowest BCUT2D eigenvalue weighted by Crippen LogP contribution is -2.27. The fourth-order valence-electron chi connectivity index (χ4n) is 2.11. The Balaban J connectivity index is 2.97. The zero-order valence-corrected chi connectivity index (χ0v) is 13.5. The third kappa shape index (κ3) is 4.64. The Morgan fingerprint density at radius 1 is 1.26 bits per heavy atom. The molecule has 0 aliphatic heterocycles. The lowest BCUT2D eigenvalue weighted by atomic mass is 9.95. The zero-order valence-electron chi connectivity index (χ0n) is 12.7. The summed E-state index contributed by atoms with van der Waals surface area (Å²) in [6, 6.07) is 8.09. The van der Waals surface area contributed by atoms with E-state index in [4.69, 9.17) is 4.74 Å². The second-order valence-electron chi connectivity index (χ2n) is 5.85. The first-order valence-electron chi connectivity index (χ1n) is 6.91. The number of methoxy groups -OCH3 is 1. The summed E-state index contributed by atoms with van der Waals surface area (Å²) in [6.07, 6.45) is 2.13. The van der Waals surface area contributed by atoms with Crippen molar-refractivity contribution in [2.24, 2.45) is 0 Å². The molecule has 19 heavy (non-hydrogen) atoms. The highest BCUT2D eigenvalue weighted by molar-refractivity contribution is 7.86. The molecule has 2 nitrogen and oxygen atoms in total. The minimum Gasteiger partial charge on any atom is -0.496 e. The van der Waals surface area contributed by atoms with Crippen molar-refractivity contribution in [3.05, 3.63) is 29.8 Å². The Morgan fingerprint density at radius 3 is 2.42 bits per heavy atom. The summed E-state index contributed by atoms with van der Waals surface area (Å²) < 4.78 is 17.7. The normalized spacial score (nSPS) is 15.0. The molecule has 0 saturated heterocycles. The van der Waals surface area contributed by atoms with Gasteiger partial charge in [-0.1, -0.05) is 31.5 Å². The topological polar surface area (TPSA) is 26.3 Å². The first kappa shape index (κ1) is 16.2. The van der Waals surface area contributed by atoms with Gasteiger partial charge in [-0.2, -0.15) is 0 Å².